The first kappa shape index (κ1) is 61.3. The molecule has 19 atom stereocenters. The molecule has 3 aliphatic heterocycles. The normalized spacial score (nSPS) is 41.8. The highest BCUT2D eigenvalue weighted by Gasteiger charge is 2.51. The molecule has 0 radical (unpaired) electrons. The largest absolute Gasteiger partial charge is 0.462 e. The maximum absolute atomic E-state index is 13.9. The third-order valence-electron chi connectivity index (χ3n) is 13.5. The van der Waals surface area contributed by atoms with Gasteiger partial charge in [0, 0.05) is 63.0 Å². The van der Waals surface area contributed by atoms with Gasteiger partial charge in [-0.3, -0.25) is 9.59 Å². The number of aliphatic hydroxyl groups excluding tert-OH is 9. The summed E-state index contributed by atoms with van der Waals surface area (Å²) in [6.45, 7) is 7.56. The van der Waals surface area contributed by atoms with Crippen LogP contribution in [0, 0.1) is 17.8 Å². The maximum Gasteiger partial charge on any atom is 0.308 e. The molecule has 0 aliphatic carbocycles. The van der Waals surface area contributed by atoms with E-state index in [-0.39, 0.29) is 38.1 Å². The molecule has 4 heterocycles. The van der Waals surface area contributed by atoms with Gasteiger partial charge in [-0.2, -0.15) is 0 Å². The quantitative estimate of drug-likeness (QED) is 0.134. The minimum absolute atomic E-state index is 0.0968. The Bertz CT molecular complexity index is 2000. The van der Waals surface area contributed by atoms with Crippen LogP contribution in [-0.2, 0) is 35.1 Å². The fourth-order valence-corrected chi connectivity index (χ4v) is 9.00. The van der Waals surface area contributed by atoms with E-state index in [1.807, 2.05) is 54.0 Å². The molecule has 1 aromatic rings. The first-order chi connectivity index (χ1) is 34.7. The fourth-order valence-electron chi connectivity index (χ4n) is 9.00. The minimum Gasteiger partial charge on any atom is -0.462 e. The molecule has 1 aromatic heterocycles. The van der Waals surface area contributed by atoms with E-state index in [0.29, 0.717) is 13.0 Å². The Morgan fingerprint density at radius 1 is 0.753 bits per heavy atom. The number of nitrogens with two attached hydrogens (primary N) is 1. The van der Waals surface area contributed by atoms with Crippen molar-refractivity contribution in [1.29, 1.82) is 0 Å². The molecule has 0 aromatic carbocycles. The van der Waals surface area contributed by atoms with Gasteiger partial charge < -0.3 is 85.6 Å². The molecule has 2 saturated heterocycles. The number of allylic oxidation sites excluding steroid dienone is 12. The second-order valence-electron chi connectivity index (χ2n) is 19.7. The van der Waals surface area contributed by atoms with Crippen LogP contribution >= 0.6 is 0 Å². The number of imidazole rings is 1. The van der Waals surface area contributed by atoms with Gasteiger partial charge in [-0.1, -0.05) is 98.9 Å². The van der Waals surface area contributed by atoms with Crippen molar-refractivity contribution >= 4 is 11.9 Å². The summed E-state index contributed by atoms with van der Waals surface area (Å²) in [7, 11) is 0. The van der Waals surface area contributed by atoms with Gasteiger partial charge in [0.15, 0.2) is 12.1 Å². The number of carbonyl (C=O) groups excluding carboxylic acids is 2. The van der Waals surface area contributed by atoms with Crippen molar-refractivity contribution in [2.24, 2.45) is 23.5 Å². The lowest BCUT2D eigenvalue weighted by molar-refractivity contribution is -0.307. The van der Waals surface area contributed by atoms with E-state index in [1.165, 1.54) is 0 Å². The summed E-state index contributed by atoms with van der Waals surface area (Å²) in [6.07, 6.45) is 10.3. The summed E-state index contributed by atoms with van der Waals surface area (Å²) >= 11 is 0. The summed E-state index contributed by atoms with van der Waals surface area (Å²) in [4.78, 5) is 30.7. The van der Waals surface area contributed by atoms with E-state index in [4.69, 9.17) is 24.7 Å². The smallest absolute Gasteiger partial charge is 0.308 e. The molecule has 1 amide bonds. The Kier molecular flexibility index (Phi) is 26.0. The SMILES string of the molecule is C[C@@H]1[C@H](O)[C@@H](C)/C=C/C=C/C=C/C=C/C=C/C=C/C=C/[C@H](O[C@@H]2O[C@H](C)[C@@H](O)[C@H](N)[C@@H]2O)C[C@@H]2O[C@](O)(C[C@@H](O)C[C@@H](O)[C@H](O)CC[C@@H](O)C[C@@H](O)CC(=O)O[C@H]1C)C[C@H](O)[C@H]2C(=O)NCCCn1ccnc1. The van der Waals surface area contributed by atoms with E-state index in [9.17, 15) is 60.7 Å². The average molecular weight is 1030 g/mol. The Balaban J connectivity index is 1.59. The zero-order chi connectivity index (χ0) is 53.7. The molecule has 0 saturated carbocycles. The predicted molar refractivity (Wildman–Crippen MR) is 269 cm³/mol. The van der Waals surface area contributed by atoms with Crippen LogP contribution in [0.25, 0.3) is 0 Å². The number of esters is 1. The molecule has 2 bridgehead atoms. The molecular weight excluding hydrogens is 949 g/mol. The number of rotatable bonds is 7. The van der Waals surface area contributed by atoms with E-state index in [2.05, 4.69) is 10.3 Å². The van der Waals surface area contributed by atoms with Crippen LogP contribution in [0.1, 0.15) is 85.5 Å². The molecule has 410 valence electrons. The molecule has 0 spiro atoms. The van der Waals surface area contributed by atoms with Crippen molar-refractivity contribution in [1.82, 2.24) is 14.9 Å². The van der Waals surface area contributed by atoms with Crippen molar-refractivity contribution in [2.45, 2.75) is 189 Å². The molecular formula is C53H82N4O16. The Labute approximate surface area is 428 Å². The Morgan fingerprint density at radius 2 is 1.38 bits per heavy atom. The van der Waals surface area contributed by atoms with Gasteiger partial charge in [0.1, 0.15) is 12.2 Å². The number of nitrogens with one attached hydrogen (secondary N) is 1. The first-order valence-corrected chi connectivity index (χ1v) is 25.4. The summed E-state index contributed by atoms with van der Waals surface area (Å²) in [5.74, 6) is -5.61. The van der Waals surface area contributed by atoms with Crippen LogP contribution < -0.4 is 11.1 Å². The second kappa shape index (κ2) is 31.0. The highest BCUT2D eigenvalue weighted by Crippen LogP contribution is 2.38. The highest BCUT2D eigenvalue weighted by molar-refractivity contribution is 5.80. The maximum atomic E-state index is 13.9. The van der Waals surface area contributed by atoms with Crippen LogP contribution in [0.15, 0.2) is 104 Å². The number of nitrogens with zero attached hydrogens (tertiary/aromatic N) is 2. The second-order valence-corrected chi connectivity index (χ2v) is 19.7. The lowest BCUT2D eigenvalue weighted by Gasteiger charge is -2.46. The van der Waals surface area contributed by atoms with Gasteiger partial charge >= 0.3 is 5.97 Å². The van der Waals surface area contributed by atoms with Crippen molar-refractivity contribution in [3.63, 3.8) is 0 Å². The molecule has 20 heteroatoms. The average Bonchev–Trinajstić information content (AvgIpc) is 3.85. The van der Waals surface area contributed by atoms with Gasteiger partial charge in [0.2, 0.25) is 5.91 Å². The number of hydrogen-bond acceptors (Lipinski definition) is 18. The van der Waals surface area contributed by atoms with Crippen molar-refractivity contribution in [3.8, 4) is 0 Å². The van der Waals surface area contributed by atoms with Crippen molar-refractivity contribution in [2.75, 3.05) is 6.54 Å². The van der Waals surface area contributed by atoms with Crippen LogP contribution in [0.3, 0.4) is 0 Å². The van der Waals surface area contributed by atoms with E-state index >= 15 is 0 Å². The van der Waals surface area contributed by atoms with Gasteiger partial charge in [-0.25, -0.2) is 4.98 Å². The molecule has 20 nitrogen and oxygen atoms in total. The third kappa shape index (κ3) is 20.8. The Morgan fingerprint density at radius 3 is 2.01 bits per heavy atom. The van der Waals surface area contributed by atoms with Crippen molar-refractivity contribution in [3.05, 3.63) is 104 Å². The monoisotopic (exact) mass is 1030 g/mol. The lowest BCUT2D eigenvalue weighted by Crippen LogP contribution is -2.62. The van der Waals surface area contributed by atoms with Gasteiger partial charge in [-0.15, -0.1) is 0 Å². The van der Waals surface area contributed by atoms with E-state index in [1.54, 1.807) is 82.0 Å². The number of ether oxygens (including phenoxy) is 4. The zero-order valence-electron chi connectivity index (χ0n) is 42.4. The van der Waals surface area contributed by atoms with E-state index < -0.39 is 147 Å². The number of aliphatic hydroxyl groups is 10. The number of amides is 1. The summed E-state index contributed by atoms with van der Waals surface area (Å²) < 4.78 is 25.7. The van der Waals surface area contributed by atoms with Crippen LogP contribution in [-0.4, -0.2) is 177 Å². The van der Waals surface area contributed by atoms with E-state index in [0.717, 1.165) is 0 Å². The summed E-state index contributed by atoms with van der Waals surface area (Å²) in [5.41, 5.74) is 6.13. The minimum atomic E-state index is -2.28. The predicted octanol–water partition coefficient (Wildman–Crippen LogP) is 1.03. The van der Waals surface area contributed by atoms with Gasteiger partial charge in [0.05, 0.1) is 91.9 Å². The number of fused-ring (bicyclic) bond motifs is 2. The molecule has 3 aliphatic rings. The summed E-state index contributed by atoms with van der Waals surface area (Å²) in [5, 5.41) is 113. The number of aromatic nitrogens is 2. The van der Waals surface area contributed by atoms with Gasteiger partial charge in [-0.05, 0) is 39.5 Å². The number of hydrogen-bond donors (Lipinski definition) is 12. The molecule has 2 fully saturated rings. The number of cyclic esters (lactones) is 1. The fraction of sp³-hybridized carbons (Fsp3) is 0.642. The van der Waals surface area contributed by atoms with Crippen molar-refractivity contribution < 1.29 is 79.6 Å². The Hall–Kier alpha value is -4.23. The standard InChI is InChI=1S/C53H82N4O16/c1-33-18-15-13-11-9-7-5-6-8-10-12-14-16-19-40(72-52-50(67)47(54)49(66)36(4)71-52)29-44-46(51(68)56-22-17-24-57-25-23-55-32-57)43(63)31-53(69,73-44)30-39(60)27-42(62)41(61)21-20-37(58)26-38(59)28-45(64)70-35(3)34(2)48(33)65/h5-16,18-19,23,25,32-44,46-50,52,58-63,65-67,69H,17,20-22,24,26-31,54H2,1-4H3,(H,56,68)/b6-5+,9-7+,10-8+,13-11+,14-12+,18-15+,19-16+/t33-,34-,35-,36+,37+,38+,39-,40-,41+,42+,43-,44-,46+,47-,48+,49+,50-,52-,53+/m0/s1. The van der Waals surface area contributed by atoms with Crippen LogP contribution in [0.4, 0.5) is 0 Å². The molecule has 13 N–H and O–H groups in total. The number of aryl methyl sites for hydroxylation is 1. The first-order valence-electron chi connectivity index (χ1n) is 25.4. The van der Waals surface area contributed by atoms with Crippen LogP contribution in [0.2, 0.25) is 0 Å². The third-order valence-corrected chi connectivity index (χ3v) is 13.5. The lowest BCUT2D eigenvalue weighted by atomic mass is 9.82. The summed E-state index contributed by atoms with van der Waals surface area (Å²) in [6, 6.07) is -1.14. The van der Waals surface area contributed by atoms with Crippen LogP contribution in [0.5, 0.6) is 0 Å². The topological polar surface area (TPSA) is 329 Å². The van der Waals surface area contributed by atoms with Gasteiger partial charge in [0.25, 0.3) is 0 Å². The number of carbonyl (C=O) groups is 2. The highest BCUT2D eigenvalue weighted by atomic mass is 16.7. The molecule has 0 unspecified atom stereocenters. The zero-order valence-corrected chi connectivity index (χ0v) is 42.4. The molecule has 4 rings (SSSR count). The molecule has 73 heavy (non-hydrogen) atoms.